The van der Waals surface area contributed by atoms with E-state index in [1.165, 1.54) is 16.0 Å². The van der Waals surface area contributed by atoms with Gasteiger partial charge in [-0.05, 0) is 66.8 Å². The van der Waals surface area contributed by atoms with Gasteiger partial charge in [0.1, 0.15) is 0 Å². The zero-order valence-corrected chi connectivity index (χ0v) is 19.3. The number of carboxylic acid groups (broad SMARTS) is 1. The largest absolute Gasteiger partial charge is 0.481 e. The molecule has 0 saturated heterocycles. The highest BCUT2D eigenvalue weighted by Gasteiger charge is 2.42. The summed E-state index contributed by atoms with van der Waals surface area (Å²) in [6, 6.07) is 1.86. The average molecular weight is 484 g/mol. The van der Waals surface area contributed by atoms with E-state index in [0.29, 0.717) is 44.2 Å². The van der Waals surface area contributed by atoms with Crippen LogP contribution in [-0.4, -0.2) is 38.2 Å². The van der Waals surface area contributed by atoms with E-state index in [1.54, 1.807) is 4.90 Å². The molecule has 2 aromatic rings. The average Bonchev–Trinajstić information content (AvgIpc) is 3.42. The van der Waals surface area contributed by atoms with E-state index >= 15 is 0 Å². The minimum atomic E-state index is -4.53. The van der Waals surface area contributed by atoms with Crippen LogP contribution in [-0.2, 0) is 35.3 Å². The number of halogens is 3. The number of thiophene rings is 1. The van der Waals surface area contributed by atoms with Crippen LogP contribution in [0.5, 0.6) is 0 Å². The summed E-state index contributed by atoms with van der Waals surface area (Å²) in [6.07, 6.45) is -1.05. The Labute approximate surface area is 194 Å². The molecule has 1 saturated carbocycles. The lowest BCUT2D eigenvalue weighted by Crippen LogP contribution is -2.39. The van der Waals surface area contributed by atoms with Crippen molar-refractivity contribution in [2.75, 3.05) is 6.54 Å². The molecule has 180 valence electrons. The van der Waals surface area contributed by atoms with Crippen LogP contribution in [0.15, 0.2) is 16.8 Å². The van der Waals surface area contributed by atoms with E-state index in [1.807, 2.05) is 23.8 Å². The number of fused-ring (bicyclic) bond motifs is 1. The van der Waals surface area contributed by atoms with Crippen LogP contribution < -0.4 is 0 Å². The van der Waals surface area contributed by atoms with E-state index in [9.17, 15) is 27.9 Å². The first-order valence-electron chi connectivity index (χ1n) is 11.3. The first kappa shape index (κ1) is 23.8. The lowest BCUT2D eigenvalue weighted by molar-refractivity contribution is -0.152. The van der Waals surface area contributed by atoms with Gasteiger partial charge in [0.15, 0.2) is 5.69 Å². The van der Waals surface area contributed by atoms with E-state index in [4.69, 9.17) is 0 Å². The van der Waals surface area contributed by atoms with E-state index in [0.717, 1.165) is 5.56 Å². The summed E-state index contributed by atoms with van der Waals surface area (Å²) >= 11 is 1.47. The molecule has 0 aromatic carbocycles. The number of hydrogen-bond donors (Lipinski definition) is 1. The number of nitrogens with zero attached hydrogens (tertiary/aromatic N) is 3. The summed E-state index contributed by atoms with van der Waals surface area (Å²) in [5, 5.41) is 17.2. The van der Waals surface area contributed by atoms with E-state index < -0.39 is 23.3 Å². The molecule has 0 atom stereocenters. The highest BCUT2D eigenvalue weighted by Crippen LogP contribution is 2.43. The number of aromatic nitrogens is 2. The summed E-state index contributed by atoms with van der Waals surface area (Å²) in [6.45, 7) is 2.47. The van der Waals surface area contributed by atoms with Gasteiger partial charge in [-0.15, -0.1) is 0 Å². The second-order valence-corrected chi connectivity index (χ2v) is 9.99. The number of rotatable bonds is 6. The van der Waals surface area contributed by atoms with Crippen LogP contribution in [0.25, 0.3) is 0 Å². The van der Waals surface area contributed by atoms with Crippen molar-refractivity contribution >= 4 is 23.2 Å². The van der Waals surface area contributed by atoms with E-state index in [-0.39, 0.29) is 43.4 Å². The third-order valence-electron chi connectivity index (χ3n) is 7.33. The van der Waals surface area contributed by atoms with Crippen molar-refractivity contribution in [2.45, 2.75) is 71.1 Å². The van der Waals surface area contributed by atoms with Crippen LogP contribution in [0, 0.1) is 11.3 Å². The summed E-state index contributed by atoms with van der Waals surface area (Å²) in [5.74, 6) is -0.737. The molecule has 0 spiro atoms. The number of aliphatic carboxylic acids is 1. The molecule has 0 unspecified atom stereocenters. The third-order valence-corrected chi connectivity index (χ3v) is 8.06. The Balaban J connectivity index is 1.46. The number of hydrogen-bond acceptors (Lipinski definition) is 4. The number of amides is 1. The van der Waals surface area contributed by atoms with Crippen LogP contribution in [0.1, 0.15) is 68.0 Å². The van der Waals surface area contributed by atoms with Gasteiger partial charge in [0, 0.05) is 18.5 Å². The third kappa shape index (κ3) is 4.81. The number of carboxylic acids is 1. The van der Waals surface area contributed by atoms with Crippen molar-refractivity contribution in [3.63, 3.8) is 0 Å². The fourth-order valence-electron chi connectivity index (χ4n) is 5.14. The Morgan fingerprint density at radius 2 is 2.03 bits per heavy atom. The minimum absolute atomic E-state index is 0.0817. The monoisotopic (exact) mass is 483 g/mol. The second-order valence-electron chi connectivity index (χ2n) is 9.21. The molecule has 3 heterocycles. The molecule has 2 aliphatic rings. The Bertz CT molecular complexity index is 1010. The quantitative estimate of drug-likeness (QED) is 0.630. The van der Waals surface area contributed by atoms with Crippen LogP contribution in [0.4, 0.5) is 13.2 Å². The summed E-state index contributed by atoms with van der Waals surface area (Å²) in [5.41, 5.74) is -0.0256. The molecule has 33 heavy (non-hydrogen) atoms. The zero-order valence-electron chi connectivity index (χ0n) is 18.5. The van der Waals surface area contributed by atoms with Crippen molar-refractivity contribution in [1.29, 1.82) is 0 Å². The Morgan fingerprint density at radius 1 is 1.30 bits per heavy atom. The molecule has 1 aliphatic heterocycles. The Kier molecular flexibility index (Phi) is 6.57. The first-order chi connectivity index (χ1) is 15.6. The molecule has 1 fully saturated rings. The number of carbonyl (C=O) groups excluding carboxylic acids is 1. The predicted molar refractivity (Wildman–Crippen MR) is 117 cm³/mol. The fourth-order valence-corrected chi connectivity index (χ4v) is 5.80. The van der Waals surface area contributed by atoms with Gasteiger partial charge in [0.05, 0.1) is 24.2 Å². The first-order valence-corrected chi connectivity index (χ1v) is 12.2. The Morgan fingerprint density at radius 3 is 2.61 bits per heavy atom. The second kappa shape index (κ2) is 9.12. The van der Waals surface area contributed by atoms with Crippen LogP contribution in [0.2, 0.25) is 0 Å². The molecule has 1 amide bonds. The van der Waals surface area contributed by atoms with Crippen molar-refractivity contribution < 1.29 is 27.9 Å². The Hall–Kier alpha value is -2.36. The van der Waals surface area contributed by atoms with Gasteiger partial charge in [0.2, 0.25) is 5.91 Å². The topological polar surface area (TPSA) is 75.4 Å². The highest BCUT2D eigenvalue weighted by atomic mass is 32.1. The molecule has 10 heteroatoms. The SMILES string of the molecule is CCC1(C(=O)O)CCC(CC(=O)N2CCc3c(C(F)(F)F)nn(Cc4ccsc4)c3C2)CC1. The molecule has 1 aliphatic carbocycles. The number of carbonyl (C=O) groups is 2. The van der Waals surface area contributed by atoms with Gasteiger partial charge in [-0.2, -0.15) is 29.6 Å². The molecule has 6 nitrogen and oxygen atoms in total. The smallest absolute Gasteiger partial charge is 0.435 e. The lowest BCUT2D eigenvalue weighted by Gasteiger charge is -2.37. The summed E-state index contributed by atoms with van der Waals surface area (Å²) < 4.78 is 42.1. The fraction of sp³-hybridized carbons (Fsp3) is 0.609. The zero-order chi connectivity index (χ0) is 23.8. The standard InChI is InChI=1S/C23H28F3N3O3S/c1-2-22(21(31)32)7-3-15(4-8-22)11-19(30)28-9-5-17-18(13-28)29(12-16-6-10-33-14-16)27-20(17)23(24,25)26/h6,10,14-15H,2-5,7-9,11-13H2,1H3,(H,31,32). The maximum Gasteiger partial charge on any atom is 0.435 e. The van der Waals surface area contributed by atoms with Gasteiger partial charge in [-0.3, -0.25) is 14.3 Å². The number of alkyl halides is 3. The highest BCUT2D eigenvalue weighted by molar-refractivity contribution is 7.07. The maximum absolute atomic E-state index is 13.6. The normalized spacial score (nSPS) is 23.4. The van der Waals surface area contributed by atoms with Gasteiger partial charge < -0.3 is 10.0 Å². The molecular weight excluding hydrogens is 455 g/mol. The molecule has 0 radical (unpaired) electrons. The molecule has 1 N–H and O–H groups in total. The predicted octanol–water partition coefficient (Wildman–Crippen LogP) is 4.96. The van der Waals surface area contributed by atoms with Gasteiger partial charge in [0.25, 0.3) is 0 Å². The summed E-state index contributed by atoms with van der Waals surface area (Å²) in [7, 11) is 0. The van der Waals surface area contributed by atoms with E-state index in [2.05, 4.69) is 5.10 Å². The van der Waals surface area contributed by atoms with Crippen LogP contribution >= 0.6 is 11.3 Å². The molecule has 2 aromatic heterocycles. The van der Waals surface area contributed by atoms with Gasteiger partial charge >= 0.3 is 12.1 Å². The van der Waals surface area contributed by atoms with Crippen molar-refractivity contribution in [3.8, 4) is 0 Å². The molecule has 0 bridgehead atoms. The van der Waals surface area contributed by atoms with Crippen LogP contribution in [0.3, 0.4) is 0 Å². The maximum atomic E-state index is 13.6. The molecular formula is C23H28F3N3O3S. The minimum Gasteiger partial charge on any atom is -0.481 e. The van der Waals surface area contributed by atoms with Crippen molar-refractivity contribution in [2.24, 2.45) is 11.3 Å². The lowest BCUT2D eigenvalue weighted by atomic mass is 9.68. The van der Waals surface area contributed by atoms with Crippen molar-refractivity contribution in [1.82, 2.24) is 14.7 Å². The van der Waals surface area contributed by atoms with Crippen molar-refractivity contribution in [3.05, 3.63) is 39.3 Å². The van der Waals surface area contributed by atoms with Gasteiger partial charge in [-0.1, -0.05) is 6.92 Å². The molecule has 4 rings (SSSR count). The summed E-state index contributed by atoms with van der Waals surface area (Å²) in [4.78, 5) is 26.3. The van der Waals surface area contributed by atoms with Gasteiger partial charge in [-0.25, -0.2) is 0 Å².